The van der Waals surface area contributed by atoms with Gasteiger partial charge in [0, 0.05) is 24.5 Å². The molecule has 1 N–H and O–H groups in total. The first-order valence-electron chi connectivity index (χ1n) is 7.96. The van der Waals surface area contributed by atoms with E-state index >= 15 is 0 Å². The minimum atomic E-state index is -0.376. The summed E-state index contributed by atoms with van der Waals surface area (Å²) in [6.07, 6.45) is 2.16. The third-order valence-corrected chi connectivity index (χ3v) is 5.05. The van der Waals surface area contributed by atoms with Crippen LogP contribution in [0.5, 0.6) is 0 Å². The molecule has 3 rings (SSSR count). The molecule has 1 saturated carbocycles. The number of thiazole rings is 1. The van der Waals surface area contributed by atoms with Gasteiger partial charge in [-0.1, -0.05) is 24.3 Å². The molecule has 23 heavy (non-hydrogen) atoms. The molecule has 122 valence electrons. The molecule has 0 spiro atoms. The summed E-state index contributed by atoms with van der Waals surface area (Å²) in [6.45, 7) is 2.42. The number of amides is 1. The maximum absolute atomic E-state index is 12.3. The lowest BCUT2D eigenvalue weighted by atomic mass is 10.1. The predicted molar refractivity (Wildman–Crippen MR) is 92.4 cm³/mol. The van der Waals surface area contributed by atoms with Gasteiger partial charge >= 0.3 is 0 Å². The van der Waals surface area contributed by atoms with Crippen molar-refractivity contribution in [3.63, 3.8) is 0 Å². The van der Waals surface area contributed by atoms with Crippen molar-refractivity contribution < 1.29 is 9.90 Å². The zero-order valence-electron chi connectivity index (χ0n) is 13.5. The highest BCUT2D eigenvalue weighted by molar-refractivity contribution is 7.09. The third kappa shape index (κ3) is 4.18. The van der Waals surface area contributed by atoms with E-state index in [4.69, 9.17) is 0 Å². The van der Waals surface area contributed by atoms with Crippen molar-refractivity contribution >= 4 is 17.2 Å². The summed E-state index contributed by atoms with van der Waals surface area (Å²) in [6, 6.07) is 7.98. The van der Waals surface area contributed by atoms with Gasteiger partial charge in [-0.05, 0) is 31.2 Å². The Balaban J connectivity index is 1.57. The SMILES string of the molecule is Cc1nc(-c2ccc(CC(=O)N(C)CC(O)C3CC3)cc2)cs1. The van der Waals surface area contributed by atoms with E-state index in [0.717, 1.165) is 34.7 Å². The number of likely N-dealkylation sites (N-methyl/N-ethyl adjacent to an activating group) is 1. The molecule has 0 saturated heterocycles. The maximum Gasteiger partial charge on any atom is 0.226 e. The standard InChI is InChI=1S/C18H22N2O2S/c1-12-19-16(11-23-12)14-5-3-13(4-6-14)9-18(22)20(2)10-17(21)15-7-8-15/h3-6,11,15,17,21H,7-10H2,1-2H3. The summed E-state index contributed by atoms with van der Waals surface area (Å²) in [5.74, 6) is 0.438. The molecule has 1 aromatic carbocycles. The van der Waals surface area contributed by atoms with Gasteiger partial charge in [0.1, 0.15) is 0 Å². The second-order valence-corrected chi connectivity index (χ2v) is 7.37. The Labute approximate surface area is 140 Å². The van der Waals surface area contributed by atoms with Crippen LogP contribution in [0.4, 0.5) is 0 Å². The number of benzene rings is 1. The normalized spacial score (nSPS) is 15.4. The quantitative estimate of drug-likeness (QED) is 0.886. The van der Waals surface area contributed by atoms with E-state index in [1.165, 1.54) is 0 Å². The van der Waals surface area contributed by atoms with Gasteiger partial charge in [0.2, 0.25) is 5.91 Å². The molecule has 1 aliphatic rings. The lowest BCUT2D eigenvalue weighted by molar-refractivity contribution is -0.130. The summed E-state index contributed by atoms with van der Waals surface area (Å²) < 4.78 is 0. The average Bonchev–Trinajstić information content (AvgIpc) is 3.30. The van der Waals surface area contributed by atoms with Crippen molar-refractivity contribution in [3.05, 3.63) is 40.2 Å². The molecular formula is C18H22N2O2S. The van der Waals surface area contributed by atoms with E-state index in [9.17, 15) is 9.90 Å². The molecule has 5 heteroatoms. The van der Waals surface area contributed by atoms with Gasteiger partial charge in [-0.2, -0.15) is 0 Å². The molecule has 1 aromatic heterocycles. The molecule has 0 radical (unpaired) electrons. The Morgan fingerprint density at radius 2 is 2.09 bits per heavy atom. The Morgan fingerprint density at radius 1 is 1.39 bits per heavy atom. The Hall–Kier alpha value is -1.72. The van der Waals surface area contributed by atoms with Crippen molar-refractivity contribution in [3.8, 4) is 11.3 Å². The highest BCUT2D eigenvalue weighted by Crippen LogP contribution is 2.32. The molecule has 0 aliphatic heterocycles. The second kappa shape index (κ2) is 6.81. The van der Waals surface area contributed by atoms with E-state index in [2.05, 4.69) is 4.98 Å². The lowest BCUT2D eigenvalue weighted by Gasteiger charge is -2.20. The van der Waals surface area contributed by atoms with Crippen LogP contribution in [-0.2, 0) is 11.2 Å². The average molecular weight is 330 g/mol. The molecule has 1 fully saturated rings. The number of carbonyl (C=O) groups excluding carboxylic acids is 1. The van der Waals surface area contributed by atoms with Gasteiger partial charge in [-0.3, -0.25) is 4.79 Å². The summed E-state index contributed by atoms with van der Waals surface area (Å²) in [7, 11) is 1.76. The monoisotopic (exact) mass is 330 g/mol. The van der Waals surface area contributed by atoms with E-state index < -0.39 is 0 Å². The topological polar surface area (TPSA) is 53.4 Å². The first-order chi connectivity index (χ1) is 11.0. The number of hydrogen-bond donors (Lipinski definition) is 1. The first-order valence-corrected chi connectivity index (χ1v) is 8.84. The molecule has 1 heterocycles. The number of hydrogen-bond acceptors (Lipinski definition) is 4. The van der Waals surface area contributed by atoms with Crippen LogP contribution >= 0.6 is 11.3 Å². The van der Waals surface area contributed by atoms with Crippen LogP contribution in [0.25, 0.3) is 11.3 Å². The highest BCUT2D eigenvalue weighted by atomic mass is 32.1. The van der Waals surface area contributed by atoms with Crippen LogP contribution in [0, 0.1) is 12.8 Å². The van der Waals surface area contributed by atoms with Gasteiger partial charge in [0.05, 0.1) is 23.2 Å². The summed E-state index contributed by atoms with van der Waals surface area (Å²) >= 11 is 1.64. The summed E-state index contributed by atoms with van der Waals surface area (Å²) in [4.78, 5) is 18.4. The van der Waals surface area contributed by atoms with Gasteiger partial charge < -0.3 is 10.0 Å². The smallest absolute Gasteiger partial charge is 0.226 e. The number of aromatic nitrogens is 1. The van der Waals surface area contributed by atoms with Gasteiger partial charge in [0.15, 0.2) is 0 Å². The van der Waals surface area contributed by atoms with E-state index in [1.54, 1.807) is 23.3 Å². The molecule has 1 aliphatic carbocycles. The van der Waals surface area contributed by atoms with Crippen LogP contribution in [-0.4, -0.2) is 40.6 Å². The number of aliphatic hydroxyl groups is 1. The zero-order valence-corrected chi connectivity index (χ0v) is 14.3. The third-order valence-electron chi connectivity index (χ3n) is 4.28. The zero-order chi connectivity index (χ0) is 16.4. The molecule has 1 amide bonds. The minimum absolute atomic E-state index is 0.0435. The Kier molecular flexibility index (Phi) is 4.78. The molecule has 1 unspecified atom stereocenters. The fraction of sp³-hybridized carbons (Fsp3) is 0.444. The van der Waals surface area contributed by atoms with Crippen LogP contribution in [0.1, 0.15) is 23.4 Å². The van der Waals surface area contributed by atoms with Crippen molar-refractivity contribution in [2.45, 2.75) is 32.3 Å². The lowest BCUT2D eigenvalue weighted by Crippen LogP contribution is -2.36. The molecule has 2 aromatic rings. The highest BCUT2D eigenvalue weighted by Gasteiger charge is 2.31. The van der Waals surface area contributed by atoms with Crippen molar-refractivity contribution in [2.75, 3.05) is 13.6 Å². The first kappa shape index (κ1) is 16.1. The fourth-order valence-corrected chi connectivity index (χ4v) is 3.23. The van der Waals surface area contributed by atoms with Gasteiger partial charge in [0.25, 0.3) is 0 Å². The van der Waals surface area contributed by atoms with Crippen molar-refractivity contribution in [2.24, 2.45) is 5.92 Å². The van der Waals surface area contributed by atoms with Gasteiger partial charge in [-0.25, -0.2) is 4.98 Å². The predicted octanol–water partition coefficient (Wildman–Crippen LogP) is 2.89. The van der Waals surface area contributed by atoms with Gasteiger partial charge in [-0.15, -0.1) is 11.3 Å². The molecular weight excluding hydrogens is 308 g/mol. The number of carbonyl (C=O) groups is 1. The minimum Gasteiger partial charge on any atom is -0.391 e. The number of aryl methyl sites for hydroxylation is 1. The number of nitrogens with zero attached hydrogens (tertiary/aromatic N) is 2. The van der Waals surface area contributed by atoms with Crippen LogP contribution in [0.2, 0.25) is 0 Å². The summed E-state index contributed by atoms with van der Waals surface area (Å²) in [5, 5.41) is 13.0. The van der Waals surface area contributed by atoms with Crippen LogP contribution in [0.15, 0.2) is 29.6 Å². The number of aliphatic hydroxyl groups excluding tert-OH is 1. The second-order valence-electron chi connectivity index (χ2n) is 6.30. The van der Waals surface area contributed by atoms with E-state index in [1.807, 2.05) is 36.6 Å². The van der Waals surface area contributed by atoms with Crippen molar-refractivity contribution in [1.82, 2.24) is 9.88 Å². The summed E-state index contributed by atoms with van der Waals surface area (Å²) in [5.41, 5.74) is 3.04. The Morgan fingerprint density at radius 3 is 2.65 bits per heavy atom. The maximum atomic E-state index is 12.3. The fourth-order valence-electron chi connectivity index (χ4n) is 2.61. The molecule has 4 nitrogen and oxygen atoms in total. The van der Waals surface area contributed by atoms with Crippen LogP contribution < -0.4 is 0 Å². The molecule has 0 bridgehead atoms. The Bertz CT molecular complexity index is 677. The van der Waals surface area contributed by atoms with E-state index in [-0.39, 0.29) is 12.0 Å². The largest absolute Gasteiger partial charge is 0.391 e. The van der Waals surface area contributed by atoms with Crippen LogP contribution in [0.3, 0.4) is 0 Å². The van der Waals surface area contributed by atoms with Crippen molar-refractivity contribution in [1.29, 1.82) is 0 Å². The number of rotatable bonds is 6. The molecule has 1 atom stereocenters. The van der Waals surface area contributed by atoms with E-state index in [0.29, 0.717) is 18.9 Å².